The van der Waals surface area contributed by atoms with Crippen molar-refractivity contribution in [3.63, 3.8) is 0 Å². The van der Waals surface area contributed by atoms with Crippen LogP contribution in [0.25, 0.3) is 10.8 Å². The fourth-order valence-corrected chi connectivity index (χ4v) is 2.31. The summed E-state index contributed by atoms with van der Waals surface area (Å²) < 4.78 is 0. The summed E-state index contributed by atoms with van der Waals surface area (Å²) >= 11 is 0. The molecule has 0 radical (unpaired) electrons. The van der Waals surface area contributed by atoms with Crippen molar-refractivity contribution in [2.75, 3.05) is 18.0 Å². The number of aromatic nitrogens is 2. The molecule has 19 heavy (non-hydrogen) atoms. The number of rotatable bonds is 5. The predicted molar refractivity (Wildman–Crippen MR) is 80.4 cm³/mol. The van der Waals surface area contributed by atoms with Crippen LogP contribution in [-0.2, 0) is 0 Å². The van der Waals surface area contributed by atoms with Gasteiger partial charge in [-0.2, -0.15) is 5.10 Å². The van der Waals surface area contributed by atoms with Gasteiger partial charge in [0, 0.05) is 23.4 Å². The molecule has 1 aromatic carbocycles. The Bertz CT molecular complexity index is 551. The van der Waals surface area contributed by atoms with Crippen LogP contribution in [0, 0.1) is 6.92 Å². The van der Waals surface area contributed by atoms with Crippen molar-refractivity contribution in [1.29, 1.82) is 0 Å². The third-order valence-electron chi connectivity index (χ3n) is 3.35. The van der Waals surface area contributed by atoms with E-state index in [-0.39, 0.29) is 0 Å². The zero-order chi connectivity index (χ0) is 13.8. The number of aryl methyl sites for hydroxylation is 1. The first-order valence-corrected chi connectivity index (χ1v) is 6.84. The average molecular weight is 258 g/mol. The second-order valence-corrected chi connectivity index (χ2v) is 5.08. The van der Waals surface area contributed by atoms with Gasteiger partial charge in [-0.1, -0.05) is 24.3 Å². The summed E-state index contributed by atoms with van der Waals surface area (Å²) in [5, 5.41) is 11.1. The van der Waals surface area contributed by atoms with E-state index in [0.717, 1.165) is 24.5 Å². The van der Waals surface area contributed by atoms with Crippen LogP contribution in [0.2, 0.25) is 0 Å². The summed E-state index contributed by atoms with van der Waals surface area (Å²) in [7, 11) is 0. The molecule has 0 saturated carbocycles. The van der Waals surface area contributed by atoms with E-state index in [1.165, 1.54) is 10.8 Å². The molecule has 0 aliphatic heterocycles. The molecule has 1 aromatic heterocycles. The number of anilines is 1. The van der Waals surface area contributed by atoms with E-state index in [4.69, 9.17) is 5.73 Å². The Morgan fingerprint density at radius 1 is 1.16 bits per heavy atom. The van der Waals surface area contributed by atoms with Gasteiger partial charge in [0.2, 0.25) is 0 Å². The van der Waals surface area contributed by atoms with Crippen LogP contribution in [0.15, 0.2) is 24.3 Å². The van der Waals surface area contributed by atoms with Crippen LogP contribution >= 0.6 is 0 Å². The van der Waals surface area contributed by atoms with E-state index in [2.05, 4.69) is 41.1 Å². The standard InChI is InChI=1S/C15H22N4/c1-11(2)19(10-6-9-16)15-14-8-5-4-7-13(14)12(3)17-18-15/h4-5,7-8,11H,6,9-10,16H2,1-3H3. The molecular weight excluding hydrogens is 236 g/mol. The minimum absolute atomic E-state index is 0.381. The number of hydrogen-bond acceptors (Lipinski definition) is 4. The molecule has 0 bridgehead atoms. The van der Waals surface area contributed by atoms with Gasteiger partial charge in [0.15, 0.2) is 5.82 Å². The number of nitrogens with zero attached hydrogens (tertiary/aromatic N) is 3. The Kier molecular flexibility index (Phi) is 4.32. The zero-order valence-corrected chi connectivity index (χ0v) is 11.9. The van der Waals surface area contributed by atoms with Crippen LogP contribution in [0.5, 0.6) is 0 Å². The van der Waals surface area contributed by atoms with Crippen molar-refractivity contribution in [2.24, 2.45) is 5.73 Å². The molecule has 2 N–H and O–H groups in total. The van der Waals surface area contributed by atoms with Crippen LogP contribution in [0.1, 0.15) is 26.0 Å². The van der Waals surface area contributed by atoms with Gasteiger partial charge in [0.05, 0.1) is 5.69 Å². The molecule has 2 aromatic rings. The molecule has 102 valence electrons. The maximum Gasteiger partial charge on any atom is 0.159 e. The Hall–Kier alpha value is -1.68. The third-order valence-corrected chi connectivity index (χ3v) is 3.35. The molecule has 0 aliphatic carbocycles. The summed E-state index contributed by atoms with van der Waals surface area (Å²) in [5.74, 6) is 0.963. The topological polar surface area (TPSA) is 55.0 Å². The van der Waals surface area contributed by atoms with E-state index in [1.54, 1.807) is 0 Å². The van der Waals surface area contributed by atoms with Crippen LogP contribution in [-0.4, -0.2) is 29.3 Å². The second kappa shape index (κ2) is 5.97. The first-order chi connectivity index (χ1) is 9.15. The van der Waals surface area contributed by atoms with E-state index in [1.807, 2.05) is 19.1 Å². The van der Waals surface area contributed by atoms with Crippen molar-refractivity contribution in [3.05, 3.63) is 30.0 Å². The molecule has 0 fully saturated rings. The van der Waals surface area contributed by atoms with Crippen molar-refractivity contribution < 1.29 is 0 Å². The molecule has 4 nitrogen and oxygen atoms in total. The highest BCUT2D eigenvalue weighted by molar-refractivity contribution is 5.93. The number of nitrogens with two attached hydrogens (primary N) is 1. The van der Waals surface area contributed by atoms with Gasteiger partial charge in [0.25, 0.3) is 0 Å². The van der Waals surface area contributed by atoms with Gasteiger partial charge in [-0.05, 0) is 33.7 Å². The summed E-state index contributed by atoms with van der Waals surface area (Å²) in [4.78, 5) is 2.28. The van der Waals surface area contributed by atoms with Crippen LogP contribution < -0.4 is 10.6 Å². The highest BCUT2D eigenvalue weighted by Gasteiger charge is 2.16. The van der Waals surface area contributed by atoms with Gasteiger partial charge < -0.3 is 10.6 Å². The molecule has 0 atom stereocenters. The normalized spacial score (nSPS) is 11.2. The van der Waals surface area contributed by atoms with Gasteiger partial charge in [-0.15, -0.1) is 5.10 Å². The lowest BCUT2D eigenvalue weighted by Gasteiger charge is -2.28. The average Bonchev–Trinajstić information content (AvgIpc) is 2.41. The number of fused-ring (bicyclic) bond motifs is 1. The Morgan fingerprint density at radius 3 is 2.47 bits per heavy atom. The lowest BCUT2D eigenvalue weighted by atomic mass is 10.1. The van der Waals surface area contributed by atoms with Crippen LogP contribution in [0.4, 0.5) is 5.82 Å². The second-order valence-electron chi connectivity index (χ2n) is 5.08. The van der Waals surface area contributed by atoms with Gasteiger partial charge >= 0.3 is 0 Å². The molecule has 4 heteroatoms. The fourth-order valence-electron chi connectivity index (χ4n) is 2.31. The summed E-state index contributed by atoms with van der Waals surface area (Å²) in [6, 6.07) is 8.69. The maximum atomic E-state index is 5.63. The monoisotopic (exact) mass is 258 g/mol. The fraction of sp³-hybridized carbons (Fsp3) is 0.467. The van der Waals surface area contributed by atoms with Gasteiger partial charge in [0.1, 0.15) is 0 Å². The quantitative estimate of drug-likeness (QED) is 0.895. The largest absolute Gasteiger partial charge is 0.352 e. The number of benzene rings is 1. The first kappa shape index (κ1) is 13.7. The lowest BCUT2D eigenvalue weighted by molar-refractivity contribution is 0.646. The predicted octanol–water partition coefficient (Wildman–Crippen LogP) is 2.50. The molecule has 0 saturated heterocycles. The summed E-state index contributed by atoms with van der Waals surface area (Å²) in [5.41, 5.74) is 6.60. The van der Waals surface area contributed by atoms with E-state index >= 15 is 0 Å². The third kappa shape index (κ3) is 2.84. The van der Waals surface area contributed by atoms with E-state index < -0.39 is 0 Å². The van der Waals surface area contributed by atoms with Crippen molar-refractivity contribution >= 4 is 16.6 Å². The van der Waals surface area contributed by atoms with Gasteiger partial charge in [-0.25, -0.2) is 0 Å². The molecule has 0 unspecified atom stereocenters. The van der Waals surface area contributed by atoms with E-state index in [9.17, 15) is 0 Å². The van der Waals surface area contributed by atoms with Crippen LogP contribution in [0.3, 0.4) is 0 Å². The smallest absolute Gasteiger partial charge is 0.159 e. The maximum absolute atomic E-state index is 5.63. The van der Waals surface area contributed by atoms with Gasteiger partial charge in [-0.3, -0.25) is 0 Å². The first-order valence-electron chi connectivity index (χ1n) is 6.84. The highest BCUT2D eigenvalue weighted by atomic mass is 15.3. The van der Waals surface area contributed by atoms with E-state index in [0.29, 0.717) is 12.6 Å². The molecule has 0 amide bonds. The minimum Gasteiger partial charge on any atom is -0.352 e. The van der Waals surface area contributed by atoms with Crippen molar-refractivity contribution in [3.8, 4) is 0 Å². The minimum atomic E-state index is 0.381. The molecule has 1 heterocycles. The lowest BCUT2D eigenvalue weighted by Crippen LogP contribution is -2.34. The highest BCUT2D eigenvalue weighted by Crippen LogP contribution is 2.26. The molecule has 0 aliphatic rings. The molecular formula is C15H22N4. The Balaban J connectivity index is 2.50. The zero-order valence-electron chi connectivity index (χ0n) is 11.9. The Morgan fingerprint density at radius 2 is 1.84 bits per heavy atom. The Labute approximate surface area is 114 Å². The van der Waals surface area contributed by atoms with Crippen molar-refractivity contribution in [2.45, 2.75) is 33.2 Å². The SMILES string of the molecule is Cc1nnc(N(CCCN)C(C)C)c2ccccc12. The number of hydrogen-bond donors (Lipinski definition) is 1. The summed E-state index contributed by atoms with van der Waals surface area (Å²) in [6.45, 7) is 7.95. The van der Waals surface area contributed by atoms with Crippen molar-refractivity contribution in [1.82, 2.24) is 10.2 Å². The molecule has 0 spiro atoms. The molecule has 2 rings (SSSR count). The summed E-state index contributed by atoms with van der Waals surface area (Å²) in [6.07, 6.45) is 0.960.